The van der Waals surface area contributed by atoms with Crippen molar-refractivity contribution >= 4 is 34.4 Å². The van der Waals surface area contributed by atoms with Crippen molar-refractivity contribution < 1.29 is 4.79 Å². The summed E-state index contributed by atoms with van der Waals surface area (Å²) in [5.74, 6) is 0. The Balaban J connectivity index is 1.98. The molecular formula is C11H15ClN2OS. The standard InChI is InChI=1S/C11H15ClN2OS/c12-10-9(7-15)16-11(14-10)13-8-5-3-1-2-4-6-8/h7-8H,1-6H2,(H,13,14). The number of hydrogen-bond acceptors (Lipinski definition) is 4. The highest BCUT2D eigenvalue weighted by atomic mass is 35.5. The molecule has 0 atom stereocenters. The third-order valence-corrected chi connectivity index (χ3v) is 4.21. The number of aldehydes is 1. The largest absolute Gasteiger partial charge is 0.359 e. The van der Waals surface area contributed by atoms with Gasteiger partial charge in [0, 0.05) is 6.04 Å². The zero-order valence-corrected chi connectivity index (χ0v) is 10.6. The predicted molar refractivity (Wildman–Crippen MR) is 67.6 cm³/mol. The van der Waals surface area contributed by atoms with E-state index in [0.717, 1.165) is 11.4 Å². The Labute approximate surface area is 104 Å². The fourth-order valence-corrected chi connectivity index (χ4v) is 3.09. The molecule has 0 aromatic carbocycles. The van der Waals surface area contributed by atoms with Gasteiger partial charge in [0.2, 0.25) is 0 Å². The van der Waals surface area contributed by atoms with Gasteiger partial charge in [0.15, 0.2) is 16.6 Å². The summed E-state index contributed by atoms with van der Waals surface area (Å²) in [6.45, 7) is 0. The van der Waals surface area contributed by atoms with Crippen LogP contribution >= 0.6 is 22.9 Å². The molecule has 0 aliphatic heterocycles. The zero-order valence-electron chi connectivity index (χ0n) is 9.04. The number of nitrogens with zero attached hydrogens (tertiary/aromatic N) is 1. The molecule has 1 heterocycles. The minimum Gasteiger partial charge on any atom is -0.359 e. The molecule has 0 bridgehead atoms. The van der Waals surface area contributed by atoms with Crippen LogP contribution in [0.25, 0.3) is 0 Å². The number of hydrogen-bond donors (Lipinski definition) is 1. The van der Waals surface area contributed by atoms with Crippen LogP contribution in [-0.2, 0) is 0 Å². The maximum Gasteiger partial charge on any atom is 0.185 e. The first kappa shape index (κ1) is 11.9. The van der Waals surface area contributed by atoms with E-state index >= 15 is 0 Å². The monoisotopic (exact) mass is 258 g/mol. The van der Waals surface area contributed by atoms with Gasteiger partial charge >= 0.3 is 0 Å². The van der Waals surface area contributed by atoms with Gasteiger partial charge in [-0.3, -0.25) is 4.79 Å². The van der Waals surface area contributed by atoms with Crippen LogP contribution in [0.4, 0.5) is 5.13 Å². The molecule has 0 spiro atoms. The number of carbonyl (C=O) groups is 1. The van der Waals surface area contributed by atoms with Crippen LogP contribution < -0.4 is 5.32 Å². The summed E-state index contributed by atoms with van der Waals surface area (Å²) < 4.78 is 0. The molecule has 0 saturated heterocycles. The molecule has 5 heteroatoms. The smallest absolute Gasteiger partial charge is 0.185 e. The van der Waals surface area contributed by atoms with E-state index < -0.39 is 0 Å². The highest BCUT2D eigenvalue weighted by Gasteiger charge is 2.15. The van der Waals surface area contributed by atoms with Crippen molar-refractivity contribution in [2.75, 3.05) is 5.32 Å². The fourth-order valence-electron chi connectivity index (χ4n) is 2.05. The van der Waals surface area contributed by atoms with Gasteiger partial charge in [-0.05, 0) is 12.8 Å². The number of carbonyl (C=O) groups excluding carboxylic acids is 1. The lowest BCUT2D eigenvalue weighted by atomic mass is 10.1. The van der Waals surface area contributed by atoms with Crippen molar-refractivity contribution in [3.8, 4) is 0 Å². The van der Waals surface area contributed by atoms with Crippen molar-refractivity contribution in [1.29, 1.82) is 0 Å². The number of nitrogens with one attached hydrogen (secondary N) is 1. The van der Waals surface area contributed by atoms with E-state index in [4.69, 9.17) is 11.6 Å². The Morgan fingerprint density at radius 3 is 2.56 bits per heavy atom. The Morgan fingerprint density at radius 1 is 1.31 bits per heavy atom. The quantitative estimate of drug-likeness (QED) is 0.663. The SMILES string of the molecule is O=Cc1sc(NC2CCCCCC2)nc1Cl. The van der Waals surface area contributed by atoms with Crippen molar-refractivity contribution in [3.05, 3.63) is 10.0 Å². The number of anilines is 1. The average Bonchev–Trinajstić information content (AvgIpc) is 2.50. The summed E-state index contributed by atoms with van der Waals surface area (Å²) in [6.07, 6.45) is 8.35. The first-order valence-electron chi connectivity index (χ1n) is 5.67. The second-order valence-electron chi connectivity index (χ2n) is 4.12. The van der Waals surface area contributed by atoms with E-state index in [9.17, 15) is 4.79 Å². The van der Waals surface area contributed by atoms with Crippen molar-refractivity contribution in [2.24, 2.45) is 0 Å². The minimum atomic E-state index is 0.316. The molecule has 2 rings (SSSR count). The van der Waals surface area contributed by atoms with E-state index in [0.29, 0.717) is 16.1 Å². The number of halogens is 1. The molecular weight excluding hydrogens is 244 g/mol. The first-order valence-corrected chi connectivity index (χ1v) is 6.87. The van der Waals surface area contributed by atoms with Gasteiger partial charge in [-0.25, -0.2) is 4.98 Å². The highest BCUT2D eigenvalue weighted by Crippen LogP contribution is 2.28. The van der Waals surface area contributed by atoms with Crippen LogP contribution in [0.5, 0.6) is 0 Å². The summed E-state index contributed by atoms with van der Waals surface area (Å²) in [7, 11) is 0. The molecule has 1 aromatic heterocycles. The maximum absolute atomic E-state index is 10.6. The maximum atomic E-state index is 10.6. The first-order chi connectivity index (χ1) is 7.79. The third kappa shape index (κ3) is 2.95. The lowest BCUT2D eigenvalue weighted by Crippen LogP contribution is -2.17. The Morgan fingerprint density at radius 2 is 2.00 bits per heavy atom. The van der Waals surface area contributed by atoms with Gasteiger partial charge in [0.25, 0.3) is 0 Å². The third-order valence-electron chi connectivity index (χ3n) is 2.90. The van der Waals surface area contributed by atoms with Crippen molar-refractivity contribution in [2.45, 2.75) is 44.6 Å². The molecule has 1 saturated carbocycles. The highest BCUT2D eigenvalue weighted by molar-refractivity contribution is 7.17. The minimum absolute atomic E-state index is 0.316. The van der Waals surface area contributed by atoms with Gasteiger partial charge in [-0.15, -0.1) is 0 Å². The normalized spacial score (nSPS) is 18.1. The van der Waals surface area contributed by atoms with E-state index in [1.165, 1.54) is 49.9 Å². The lowest BCUT2D eigenvalue weighted by molar-refractivity contribution is 0.112. The summed E-state index contributed by atoms with van der Waals surface area (Å²) in [5, 5.41) is 4.47. The van der Waals surface area contributed by atoms with Crippen LogP contribution in [0.3, 0.4) is 0 Å². The molecule has 1 aromatic rings. The van der Waals surface area contributed by atoms with Gasteiger partial charge in [-0.1, -0.05) is 48.6 Å². The van der Waals surface area contributed by atoms with Gasteiger partial charge in [0.1, 0.15) is 4.88 Å². The van der Waals surface area contributed by atoms with Crippen LogP contribution in [-0.4, -0.2) is 17.3 Å². The molecule has 1 fully saturated rings. The zero-order chi connectivity index (χ0) is 11.4. The van der Waals surface area contributed by atoms with E-state index in [-0.39, 0.29) is 0 Å². The molecule has 0 unspecified atom stereocenters. The molecule has 0 amide bonds. The summed E-state index contributed by atoms with van der Waals surface area (Å²) in [5.41, 5.74) is 0. The Bertz CT molecular complexity index is 359. The second-order valence-corrected chi connectivity index (χ2v) is 5.51. The molecule has 1 aliphatic rings. The Hall–Kier alpha value is -0.610. The van der Waals surface area contributed by atoms with E-state index in [1.54, 1.807) is 0 Å². The van der Waals surface area contributed by atoms with Crippen LogP contribution in [0.15, 0.2) is 0 Å². The fraction of sp³-hybridized carbons (Fsp3) is 0.636. The van der Waals surface area contributed by atoms with Crippen molar-refractivity contribution in [1.82, 2.24) is 4.98 Å². The molecule has 3 nitrogen and oxygen atoms in total. The summed E-state index contributed by atoms with van der Waals surface area (Å²) in [6, 6.07) is 0.490. The average molecular weight is 259 g/mol. The predicted octanol–water partition coefficient (Wildman–Crippen LogP) is 3.74. The van der Waals surface area contributed by atoms with Crippen LogP contribution in [0, 0.1) is 0 Å². The Kier molecular flexibility index (Phi) is 4.18. The number of rotatable bonds is 3. The van der Waals surface area contributed by atoms with Gasteiger partial charge in [-0.2, -0.15) is 0 Å². The summed E-state index contributed by atoms with van der Waals surface area (Å²) in [4.78, 5) is 15.3. The second kappa shape index (κ2) is 5.64. The van der Waals surface area contributed by atoms with E-state index in [1.807, 2.05) is 0 Å². The number of thiazole rings is 1. The molecule has 88 valence electrons. The lowest BCUT2D eigenvalue weighted by Gasteiger charge is -2.14. The number of aromatic nitrogens is 1. The summed E-state index contributed by atoms with van der Waals surface area (Å²) >= 11 is 7.16. The molecule has 0 radical (unpaired) electrons. The van der Waals surface area contributed by atoms with Gasteiger partial charge in [0.05, 0.1) is 0 Å². The molecule has 16 heavy (non-hydrogen) atoms. The van der Waals surface area contributed by atoms with Crippen LogP contribution in [0.2, 0.25) is 5.15 Å². The molecule has 1 N–H and O–H groups in total. The van der Waals surface area contributed by atoms with Gasteiger partial charge < -0.3 is 5.32 Å². The van der Waals surface area contributed by atoms with Crippen LogP contribution in [0.1, 0.15) is 48.2 Å². The molecule has 1 aliphatic carbocycles. The van der Waals surface area contributed by atoms with Crippen molar-refractivity contribution in [3.63, 3.8) is 0 Å². The topological polar surface area (TPSA) is 42.0 Å². The van der Waals surface area contributed by atoms with E-state index in [2.05, 4.69) is 10.3 Å².